The predicted molar refractivity (Wildman–Crippen MR) is 109 cm³/mol. The van der Waals surface area contributed by atoms with Crippen molar-refractivity contribution in [2.75, 3.05) is 36.5 Å². The van der Waals surface area contributed by atoms with Gasteiger partial charge in [-0.15, -0.1) is 0 Å². The van der Waals surface area contributed by atoms with Gasteiger partial charge in [-0.25, -0.2) is 0 Å². The molecule has 2 heterocycles. The van der Waals surface area contributed by atoms with E-state index in [1.165, 1.54) is 0 Å². The molecule has 5 heteroatoms. The molecule has 0 bridgehead atoms. The average molecular weight is 361 g/mol. The van der Waals surface area contributed by atoms with E-state index in [1.807, 2.05) is 56.3 Å². The summed E-state index contributed by atoms with van der Waals surface area (Å²) in [6, 6.07) is 15.9. The lowest BCUT2D eigenvalue weighted by atomic mass is 10.1. The number of morpholine rings is 1. The van der Waals surface area contributed by atoms with Crippen molar-refractivity contribution in [3.05, 3.63) is 65.4 Å². The Bertz CT molecular complexity index is 994. The lowest BCUT2D eigenvalue weighted by Gasteiger charge is -2.30. The number of pyridine rings is 1. The zero-order valence-electron chi connectivity index (χ0n) is 15.7. The molecule has 0 atom stereocenters. The molecule has 0 spiro atoms. The molecular weight excluding hydrogens is 338 g/mol. The number of nitrogens with zero attached hydrogens (tertiary/aromatic N) is 2. The molecule has 0 aliphatic carbocycles. The molecule has 138 valence electrons. The van der Waals surface area contributed by atoms with E-state index in [4.69, 9.17) is 4.74 Å². The molecule has 1 amide bonds. The first kappa shape index (κ1) is 17.5. The third-order valence-corrected chi connectivity index (χ3v) is 4.91. The molecule has 1 fully saturated rings. The topological polar surface area (TPSA) is 54.5 Å². The summed E-state index contributed by atoms with van der Waals surface area (Å²) in [5.74, 6) is -0.135. The van der Waals surface area contributed by atoms with Crippen molar-refractivity contribution < 1.29 is 9.53 Å². The maximum Gasteiger partial charge on any atom is 0.257 e. The van der Waals surface area contributed by atoms with Gasteiger partial charge in [0, 0.05) is 18.5 Å². The van der Waals surface area contributed by atoms with E-state index in [2.05, 4.69) is 21.3 Å². The standard InChI is InChI=1S/C22H23N3O2/c1-15-7-8-19-17(13-15)14-18(16(2)23-19)22(26)24-20-5-3-4-6-21(20)25-9-11-27-12-10-25/h3-8,13-14H,9-12H2,1-2H3,(H,24,26). The molecule has 1 aromatic heterocycles. The molecule has 0 unspecified atom stereocenters. The average Bonchev–Trinajstić information content (AvgIpc) is 2.69. The summed E-state index contributed by atoms with van der Waals surface area (Å²) in [7, 11) is 0. The Morgan fingerprint density at radius 2 is 1.85 bits per heavy atom. The van der Waals surface area contributed by atoms with E-state index in [0.717, 1.165) is 46.6 Å². The van der Waals surface area contributed by atoms with Crippen LogP contribution in [0.2, 0.25) is 0 Å². The summed E-state index contributed by atoms with van der Waals surface area (Å²) in [6.45, 7) is 6.97. The number of ether oxygens (including phenoxy) is 1. The Kier molecular flexibility index (Phi) is 4.77. The fourth-order valence-corrected chi connectivity index (χ4v) is 3.47. The van der Waals surface area contributed by atoms with Crippen LogP contribution in [-0.2, 0) is 4.74 Å². The zero-order chi connectivity index (χ0) is 18.8. The minimum atomic E-state index is -0.135. The smallest absolute Gasteiger partial charge is 0.257 e. The van der Waals surface area contributed by atoms with Gasteiger partial charge >= 0.3 is 0 Å². The lowest BCUT2D eigenvalue weighted by molar-refractivity contribution is 0.102. The van der Waals surface area contributed by atoms with Gasteiger partial charge in [0.1, 0.15) is 0 Å². The number of aromatic nitrogens is 1. The Balaban J connectivity index is 1.65. The SMILES string of the molecule is Cc1ccc2nc(C)c(C(=O)Nc3ccccc3N3CCOCC3)cc2c1. The van der Waals surface area contributed by atoms with Crippen molar-refractivity contribution in [1.82, 2.24) is 4.98 Å². The van der Waals surface area contributed by atoms with E-state index < -0.39 is 0 Å². The molecule has 1 aliphatic rings. The van der Waals surface area contributed by atoms with Crippen molar-refractivity contribution in [2.45, 2.75) is 13.8 Å². The number of hydrogen-bond acceptors (Lipinski definition) is 4. The second kappa shape index (κ2) is 7.37. The normalized spacial score (nSPS) is 14.4. The van der Waals surface area contributed by atoms with Gasteiger partial charge in [-0.05, 0) is 44.2 Å². The van der Waals surface area contributed by atoms with E-state index >= 15 is 0 Å². The summed E-state index contributed by atoms with van der Waals surface area (Å²) in [4.78, 5) is 19.9. The van der Waals surface area contributed by atoms with Crippen LogP contribution < -0.4 is 10.2 Å². The Hall–Kier alpha value is -2.92. The number of nitrogens with one attached hydrogen (secondary N) is 1. The van der Waals surface area contributed by atoms with Crippen LogP contribution in [-0.4, -0.2) is 37.2 Å². The number of carbonyl (C=O) groups excluding carboxylic acids is 1. The highest BCUT2D eigenvalue weighted by Gasteiger charge is 2.18. The van der Waals surface area contributed by atoms with Gasteiger partial charge in [-0.2, -0.15) is 0 Å². The molecule has 5 nitrogen and oxygen atoms in total. The number of carbonyl (C=O) groups is 1. The molecule has 0 saturated carbocycles. The van der Waals surface area contributed by atoms with Crippen molar-refractivity contribution in [2.24, 2.45) is 0 Å². The summed E-state index contributed by atoms with van der Waals surface area (Å²) in [5.41, 5.74) is 5.22. The predicted octanol–water partition coefficient (Wildman–Crippen LogP) is 3.94. The van der Waals surface area contributed by atoms with Gasteiger partial charge in [-0.3, -0.25) is 9.78 Å². The first-order chi connectivity index (χ1) is 13.1. The molecule has 1 saturated heterocycles. The summed E-state index contributed by atoms with van der Waals surface area (Å²) < 4.78 is 5.44. The molecule has 0 radical (unpaired) electrons. The first-order valence-electron chi connectivity index (χ1n) is 9.23. The third-order valence-electron chi connectivity index (χ3n) is 4.91. The Morgan fingerprint density at radius 3 is 2.67 bits per heavy atom. The highest BCUT2D eigenvalue weighted by Crippen LogP contribution is 2.27. The molecule has 27 heavy (non-hydrogen) atoms. The van der Waals surface area contributed by atoms with Crippen LogP contribution in [0.1, 0.15) is 21.6 Å². The van der Waals surface area contributed by atoms with Crippen LogP contribution in [0.15, 0.2) is 48.5 Å². The number of para-hydroxylation sites is 2. The minimum Gasteiger partial charge on any atom is -0.378 e. The first-order valence-corrected chi connectivity index (χ1v) is 9.23. The fourth-order valence-electron chi connectivity index (χ4n) is 3.47. The highest BCUT2D eigenvalue weighted by molar-refractivity contribution is 6.08. The molecule has 4 rings (SSSR count). The van der Waals surface area contributed by atoms with Crippen LogP contribution in [0.5, 0.6) is 0 Å². The number of aryl methyl sites for hydroxylation is 2. The van der Waals surface area contributed by atoms with Crippen molar-refractivity contribution in [3.63, 3.8) is 0 Å². The fraction of sp³-hybridized carbons (Fsp3) is 0.273. The molecule has 1 aliphatic heterocycles. The van der Waals surface area contributed by atoms with Gasteiger partial charge in [0.15, 0.2) is 0 Å². The van der Waals surface area contributed by atoms with Gasteiger partial charge in [0.25, 0.3) is 5.91 Å². The van der Waals surface area contributed by atoms with Gasteiger partial charge in [-0.1, -0.05) is 23.8 Å². The molecule has 1 N–H and O–H groups in total. The largest absolute Gasteiger partial charge is 0.378 e. The second-order valence-corrected chi connectivity index (χ2v) is 6.89. The number of fused-ring (bicyclic) bond motifs is 1. The maximum atomic E-state index is 13.0. The third kappa shape index (κ3) is 3.64. The quantitative estimate of drug-likeness (QED) is 0.768. The molecule has 2 aromatic carbocycles. The van der Waals surface area contributed by atoms with E-state index in [9.17, 15) is 4.79 Å². The zero-order valence-corrected chi connectivity index (χ0v) is 15.7. The Morgan fingerprint density at radius 1 is 1.07 bits per heavy atom. The highest BCUT2D eigenvalue weighted by atomic mass is 16.5. The van der Waals surface area contributed by atoms with Gasteiger partial charge in [0.05, 0.1) is 41.4 Å². The van der Waals surface area contributed by atoms with E-state index in [0.29, 0.717) is 18.8 Å². The second-order valence-electron chi connectivity index (χ2n) is 6.89. The van der Waals surface area contributed by atoms with E-state index in [1.54, 1.807) is 0 Å². The number of benzene rings is 2. The number of anilines is 2. The van der Waals surface area contributed by atoms with Crippen LogP contribution in [0, 0.1) is 13.8 Å². The number of amides is 1. The summed E-state index contributed by atoms with van der Waals surface area (Å²) in [6.07, 6.45) is 0. The number of rotatable bonds is 3. The Labute approximate surface area is 159 Å². The number of hydrogen-bond donors (Lipinski definition) is 1. The van der Waals surface area contributed by atoms with Crippen molar-refractivity contribution >= 4 is 28.2 Å². The molecular formula is C22H23N3O2. The minimum absolute atomic E-state index is 0.135. The molecule has 3 aromatic rings. The van der Waals surface area contributed by atoms with Crippen molar-refractivity contribution in [1.29, 1.82) is 0 Å². The maximum absolute atomic E-state index is 13.0. The van der Waals surface area contributed by atoms with Gasteiger partial charge in [0.2, 0.25) is 0 Å². The summed E-state index contributed by atoms with van der Waals surface area (Å²) >= 11 is 0. The lowest BCUT2D eigenvalue weighted by Crippen LogP contribution is -2.36. The van der Waals surface area contributed by atoms with Crippen molar-refractivity contribution in [3.8, 4) is 0 Å². The summed E-state index contributed by atoms with van der Waals surface area (Å²) in [5, 5.41) is 4.06. The van der Waals surface area contributed by atoms with Crippen LogP contribution in [0.4, 0.5) is 11.4 Å². The van der Waals surface area contributed by atoms with E-state index in [-0.39, 0.29) is 5.91 Å². The van der Waals surface area contributed by atoms with Gasteiger partial charge < -0.3 is 15.0 Å². The monoisotopic (exact) mass is 361 g/mol. The van der Waals surface area contributed by atoms with Crippen LogP contribution in [0.3, 0.4) is 0 Å². The van der Waals surface area contributed by atoms with Crippen LogP contribution in [0.25, 0.3) is 10.9 Å². The van der Waals surface area contributed by atoms with Crippen LogP contribution >= 0.6 is 0 Å².